The summed E-state index contributed by atoms with van der Waals surface area (Å²) in [6, 6.07) is 7.34. The second kappa shape index (κ2) is 11.8. The van der Waals surface area contributed by atoms with Crippen molar-refractivity contribution in [2.45, 2.75) is 51.0 Å². The summed E-state index contributed by atoms with van der Waals surface area (Å²) in [6.07, 6.45) is 10.5. The molecule has 0 saturated carbocycles. The molecule has 2 aromatic rings. The van der Waals surface area contributed by atoms with Crippen LogP contribution in [0.15, 0.2) is 42.7 Å². The largest absolute Gasteiger partial charge is 0.481 e. The van der Waals surface area contributed by atoms with Crippen LogP contribution in [0, 0.1) is 5.41 Å². The second-order valence-electron chi connectivity index (χ2n) is 7.86. The molecule has 2 aromatic heterocycles. The predicted octanol–water partition coefficient (Wildman–Crippen LogP) is 3.90. The van der Waals surface area contributed by atoms with Gasteiger partial charge in [-0.05, 0) is 68.0 Å². The number of carbonyl (C=O) groups is 1. The molecule has 1 unspecified atom stereocenters. The number of aromatic nitrogens is 2. The number of hydrogen-bond acceptors (Lipinski definition) is 7. The number of anilines is 1. The molecule has 3 heterocycles. The first kappa shape index (κ1) is 23.2. The number of aliphatic carboxylic acids is 1. The zero-order valence-corrected chi connectivity index (χ0v) is 18.4. The molecule has 0 aromatic carbocycles. The van der Waals surface area contributed by atoms with Gasteiger partial charge < -0.3 is 25.9 Å². The van der Waals surface area contributed by atoms with E-state index in [0.29, 0.717) is 18.0 Å². The van der Waals surface area contributed by atoms with Crippen LogP contribution in [-0.2, 0) is 17.6 Å². The Morgan fingerprint density at radius 1 is 1.34 bits per heavy atom. The quantitative estimate of drug-likeness (QED) is 0.294. The molecule has 0 bridgehead atoms. The SMILES string of the molecule is COc1ccc(C(CC(=O)O)N/C=C\C(=N)CCCCc2ccc3c(n2)NCCC3)cn1. The van der Waals surface area contributed by atoms with E-state index in [1.165, 1.54) is 12.7 Å². The molecule has 8 heteroatoms. The molecular formula is C24H31N5O3. The van der Waals surface area contributed by atoms with Crippen LogP contribution >= 0.6 is 0 Å². The second-order valence-corrected chi connectivity index (χ2v) is 7.86. The fraction of sp³-hybridized carbons (Fsp3) is 0.417. The number of pyridine rings is 2. The predicted molar refractivity (Wildman–Crippen MR) is 124 cm³/mol. The van der Waals surface area contributed by atoms with Crippen molar-refractivity contribution in [3.63, 3.8) is 0 Å². The maximum atomic E-state index is 11.2. The van der Waals surface area contributed by atoms with Crippen LogP contribution in [0.3, 0.4) is 0 Å². The number of carboxylic acids is 1. The number of carboxylic acid groups (broad SMARTS) is 1. The van der Waals surface area contributed by atoms with Crippen molar-refractivity contribution in [1.82, 2.24) is 15.3 Å². The maximum Gasteiger partial charge on any atom is 0.305 e. The van der Waals surface area contributed by atoms with E-state index in [9.17, 15) is 9.90 Å². The van der Waals surface area contributed by atoms with E-state index in [1.54, 1.807) is 30.6 Å². The van der Waals surface area contributed by atoms with Crippen molar-refractivity contribution in [3.8, 4) is 5.88 Å². The standard InChI is InChI=1S/C24H31N5O3/c1-32-22-11-9-18(16-28-22)21(15-23(30)31)26-14-12-19(25)6-2-3-7-20-10-8-17-5-4-13-27-24(17)29-20/h8-12,14,16,21,25-26H,2-7,13,15H2,1H3,(H,27,29)(H,30,31)/b14-12-,25-19?. The van der Waals surface area contributed by atoms with Crippen LogP contribution in [0.2, 0.25) is 0 Å². The number of rotatable bonds is 12. The molecular weight excluding hydrogens is 406 g/mol. The summed E-state index contributed by atoms with van der Waals surface area (Å²) in [4.78, 5) is 20.1. The average molecular weight is 438 g/mol. The third kappa shape index (κ3) is 7.08. The number of ether oxygens (including phenoxy) is 1. The molecule has 0 saturated heterocycles. The third-order valence-corrected chi connectivity index (χ3v) is 5.41. The van der Waals surface area contributed by atoms with Crippen molar-refractivity contribution in [2.75, 3.05) is 19.0 Å². The smallest absolute Gasteiger partial charge is 0.305 e. The Balaban J connectivity index is 1.42. The summed E-state index contributed by atoms with van der Waals surface area (Å²) < 4.78 is 5.05. The van der Waals surface area contributed by atoms with Gasteiger partial charge in [0.1, 0.15) is 5.82 Å². The van der Waals surface area contributed by atoms with Gasteiger partial charge in [0, 0.05) is 30.2 Å². The van der Waals surface area contributed by atoms with Crippen molar-refractivity contribution in [2.24, 2.45) is 0 Å². The van der Waals surface area contributed by atoms with Crippen molar-refractivity contribution < 1.29 is 14.6 Å². The lowest BCUT2D eigenvalue weighted by Gasteiger charge is -2.17. The molecule has 3 rings (SSSR count). The highest BCUT2D eigenvalue weighted by atomic mass is 16.5. The zero-order valence-electron chi connectivity index (χ0n) is 18.4. The highest BCUT2D eigenvalue weighted by molar-refractivity contribution is 5.92. The summed E-state index contributed by atoms with van der Waals surface area (Å²) in [5, 5.41) is 23.8. The van der Waals surface area contributed by atoms with Gasteiger partial charge in [-0.15, -0.1) is 0 Å². The van der Waals surface area contributed by atoms with E-state index in [0.717, 1.165) is 55.7 Å². The molecule has 4 N–H and O–H groups in total. The molecule has 8 nitrogen and oxygen atoms in total. The first-order valence-electron chi connectivity index (χ1n) is 11.0. The summed E-state index contributed by atoms with van der Waals surface area (Å²) in [5.41, 5.74) is 3.63. The lowest BCUT2D eigenvalue weighted by Crippen LogP contribution is -2.19. The number of nitrogens with zero attached hydrogens (tertiary/aromatic N) is 2. The van der Waals surface area contributed by atoms with Crippen LogP contribution in [-0.4, -0.2) is 40.4 Å². The Hall–Kier alpha value is -3.42. The van der Waals surface area contributed by atoms with Gasteiger partial charge in [-0.25, -0.2) is 9.97 Å². The maximum absolute atomic E-state index is 11.2. The number of methoxy groups -OCH3 is 1. The Morgan fingerprint density at radius 3 is 2.97 bits per heavy atom. The van der Waals surface area contributed by atoms with Gasteiger partial charge >= 0.3 is 5.97 Å². The Morgan fingerprint density at radius 2 is 2.22 bits per heavy atom. The molecule has 0 radical (unpaired) electrons. The fourth-order valence-electron chi connectivity index (χ4n) is 3.64. The van der Waals surface area contributed by atoms with Gasteiger partial charge in [-0.2, -0.15) is 0 Å². The van der Waals surface area contributed by atoms with Gasteiger partial charge in [-0.3, -0.25) is 4.79 Å². The van der Waals surface area contributed by atoms with Gasteiger partial charge in [0.05, 0.1) is 19.6 Å². The van der Waals surface area contributed by atoms with Crippen LogP contribution in [0.25, 0.3) is 0 Å². The molecule has 32 heavy (non-hydrogen) atoms. The Bertz CT molecular complexity index is 943. The van der Waals surface area contributed by atoms with Crippen LogP contribution in [0.1, 0.15) is 55.0 Å². The van der Waals surface area contributed by atoms with Gasteiger partial charge in [0.15, 0.2) is 0 Å². The number of unbranched alkanes of at least 4 members (excludes halogenated alkanes) is 1. The van der Waals surface area contributed by atoms with Gasteiger partial charge in [0.2, 0.25) is 5.88 Å². The summed E-state index contributed by atoms with van der Waals surface area (Å²) >= 11 is 0. The van der Waals surface area contributed by atoms with Crippen LogP contribution in [0.5, 0.6) is 5.88 Å². The number of hydrogen-bond donors (Lipinski definition) is 4. The molecule has 170 valence electrons. The number of nitrogens with one attached hydrogen (secondary N) is 3. The first-order chi connectivity index (χ1) is 15.5. The zero-order chi connectivity index (χ0) is 22.8. The Labute approximate surface area is 188 Å². The van der Waals surface area contributed by atoms with E-state index in [2.05, 4.69) is 27.8 Å². The lowest BCUT2D eigenvalue weighted by atomic mass is 10.0. The monoisotopic (exact) mass is 437 g/mol. The van der Waals surface area contributed by atoms with Crippen molar-refractivity contribution in [1.29, 1.82) is 5.41 Å². The first-order valence-corrected chi connectivity index (χ1v) is 11.0. The molecule has 1 aliphatic heterocycles. The van der Waals surface area contributed by atoms with Gasteiger partial charge in [-0.1, -0.05) is 12.1 Å². The number of aryl methyl sites for hydroxylation is 2. The third-order valence-electron chi connectivity index (χ3n) is 5.41. The summed E-state index contributed by atoms with van der Waals surface area (Å²) in [7, 11) is 1.53. The summed E-state index contributed by atoms with van der Waals surface area (Å²) in [6.45, 7) is 0.989. The minimum Gasteiger partial charge on any atom is -0.481 e. The van der Waals surface area contributed by atoms with Crippen LogP contribution in [0.4, 0.5) is 5.82 Å². The van der Waals surface area contributed by atoms with Crippen molar-refractivity contribution >= 4 is 17.5 Å². The normalized spacial score (nSPS) is 13.8. The molecule has 1 atom stereocenters. The minimum atomic E-state index is -0.909. The molecule has 1 aliphatic rings. The van der Waals surface area contributed by atoms with E-state index in [-0.39, 0.29) is 6.42 Å². The van der Waals surface area contributed by atoms with E-state index in [4.69, 9.17) is 15.1 Å². The average Bonchev–Trinajstić information content (AvgIpc) is 2.81. The molecule has 0 fully saturated rings. The van der Waals surface area contributed by atoms with Crippen molar-refractivity contribution in [3.05, 3.63) is 59.6 Å². The highest BCUT2D eigenvalue weighted by Crippen LogP contribution is 2.21. The topological polar surface area (TPSA) is 120 Å². The molecule has 0 amide bonds. The van der Waals surface area contributed by atoms with Gasteiger partial charge in [0.25, 0.3) is 0 Å². The fourth-order valence-corrected chi connectivity index (χ4v) is 3.64. The van der Waals surface area contributed by atoms with E-state index in [1.807, 2.05) is 0 Å². The summed E-state index contributed by atoms with van der Waals surface area (Å²) in [5.74, 6) is 0.591. The molecule has 0 aliphatic carbocycles. The lowest BCUT2D eigenvalue weighted by molar-refractivity contribution is -0.137. The Kier molecular flexibility index (Phi) is 8.60. The minimum absolute atomic E-state index is 0.0890. The van der Waals surface area contributed by atoms with Crippen LogP contribution < -0.4 is 15.4 Å². The highest BCUT2D eigenvalue weighted by Gasteiger charge is 2.14. The van der Waals surface area contributed by atoms with E-state index >= 15 is 0 Å². The molecule has 0 spiro atoms. The number of allylic oxidation sites excluding steroid dienone is 1. The number of fused-ring (bicyclic) bond motifs is 1. The van der Waals surface area contributed by atoms with E-state index < -0.39 is 12.0 Å².